The number of nitrogens with one attached hydrogen (secondary N) is 1. The molecule has 1 fully saturated rings. The van der Waals surface area contributed by atoms with Crippen molar-refractivity contribution < 1.29 is 5.11 Å². The molecule has 3 nitrogen and oxygen atoms in total. The second-order valence-corrected chi connectivity index (χ2v) is 5.67. The molecule has 2 aromatic rings. The van der Waals surface area contributed by atoms with E-state index in [0.717, 1.165) is 37.3 Å². The van der Waals surface area contributed by atoms with Gasteiger partial charge >= 0.3 is 0 Å². The Kier molecular flexibility index (Phi) is 4.53. The van der Waals surface area contributed by atoms with Crippen LogP contribution in [0.1, 0.15) is 17.5 Å². The number of anilines is 1. The van der Waals surface area contributed by atoms with Crippen LogP contribution in [-0.2, 0) is 13.2 Å². The first-order valence-electron chi connectivity index (χ1n) is 7.57. The first kappa shape index (κ1) is 14.1. The minimum atomic E-state index is 0.0869. The van der Waals surface area contributed by atoms with Crippen LogP contribution in [0.5, 0.6) is 0 Å². The highest BCUT2D eigenvalue weighted by Crippen LogP contribution is 2.21. The van der Waals surface area contributed by atoms with E-state index in [0.29, 0.717) is 6.04 Å². The van der Waals surface area contributed by atoms with E-state index in [1.165, 1.54) is 5.56 Å². The van der Waals surface area contributed by atoms with Crippen LogP contribution in [0, 0.1) is 0 Å². The third kappa shape index (κ3) is 3.63. The molecule has 0 radical (unpaired) electrons. The number of likely N-dealkylation sites (tertiary alicyclic amines) is 1. The molecule has 2 N–H and O–H groups in total. The summed E-state index contributed by atoms with van der Waals surface area (Å²) in [5.74, 6) is 0. The maximum atomic E-state index is 9.39. The lowest BCUT2D eigenvalue weighted by Gasteiger charge is -2.18. The largest absolute Gasteiger partial charge is 0.392 e. The third-order valence-electron chi connectivity index (χ3n) is 4.07. The van der Waals surface area contributed by atoms with Gasteiger partial charge in [0.1, 0.15) is 0 Å². The summed E-state index contributed by atoms with van der Waals surface area (Å²) in [7, 11) is 0. The molecule has 0 saturated carbocycles. The van der Waals surface area contributed by atoms with Gasteiger partial charge in [-0.25, -0.2) is 0 Å². The molecule has 0 amide bonds. The van der Waals surface area contributed by atoms with Gasteiger partial charge < -0.3 is 10.4 Å². The number of hydrogen-bond donors (Lipinski definition) is 2. The van der Waals surface area contributed by atoms with E-state index in [1.807, 2.05) is 24.3 Å². The number of nitrogens with zero attached hydrogens (tertiary/aromatic N) is 1. The fourth-order valence-corrected chi connectivity index (χ4v) is 2.95. The summed E-state index contributed by atoms with van der Waals surface area (Å²) >= 11 is 0. The monoisotopic (exact) mass is 282 g/mol. The molecule has 21 heavy (non-hydrogen) atoms. The maximum Gasteiger partial charge on any atom is 0.0701 e. The number of hydrogen-bond acceptors (Lipinski definition) is 3. The zero-order chi connectivity index (χ0) is 14.5. The van der Waals surface area contributed by atoms with Crippen molar-refractivity contribution in [1.82, 2.24) is 4.90 Å². The van der Waals surface area contributed by atoms with Gasteiger partial charge in [-0.15, -0.1) is 0 Å². The fraction of sp³-hybridized carbons (Fsp3) is 0.333. The van der Waals surface area contributed by atoms with Gasteiger partial charge in [-0.1, -0.05) is 48.5 Å². The molecule has 1 aliphatic rings. The Bertz CT molecular complexity index is 570. The Morgan fingerprint density at radius 1 is 1.05 bits per heavy atom. The van der Waals surface area contributed by atoms with Gasteiger partial charge in [0.2, 0.25) is 0 Å². The summed E-state index contributed by atoms with van der Waals surface area (Å²) in [6, 6.07) is 19.1. The molecular weight excluding hydrogens is 260 g/mol. The van der Waals surface area contributed by atoms with Crippen molar-refractivity contribution in [1.29, 1.82) is 0 Å². The van der Waals surface area contributed by atoms with Crippen molar-refractivity contribution in [2.75, 3.05) is 18.4 Å². The minimum Gasteiger partial charge on any atom is -0.392 e. The van der Waals surface area contributed by atoms with Gasteiger partial charge in [-0.05, 0) is 18.1 Å². The lowest BCUT2D eigenvalue weighted by molar-refractivity contribution is 0.282. The van der Waals surface area contributed by atoms with E-state index < -0.39 is 0 Å². The second-order valence-electron chi connectivity index (χ2n) is 5.67. The summed E-state index contributed by atoms with van der Waals surface area (Å²) in [5, 5.41) is 13.0. The third-order valence-corrected chi connectivity index (χ3v) is 4.07. The summed E-state index contributed by atoms with van der Waals surface area (Å²) in [4.78, 5) is 2.48. The molecule has 0 aromatic heterocycles. The number of para-hydroxylation sites is 1. The predicted octanol–water partition coefficient (Wildman–Crippen LogP) is 2.87. The average molecular weight is 282 g/mol. The van der Waals surface area contributed by atoms with Crippen molar-refractivity contribution in [2.24, 2.45) is 0 Å². The predicted molar refractivity (Wildman–Crippen MR) is 86.1 cm³/mol. The highest BCUT2D eigenvalue weighted by Gasteiger charge is 2.22. The van der Waals surface area contributed by atoms with Gasteiger partial charge in [0.05, 0.1) is 6.61 Å². The normalized spacial score (nSPS) is 18.8. The van der Waals surface area contributed by atoms with Crippen molar-refractivity contribution in [3.05, 3.63) is 65.7 Å². The Labute approximate surface area is 126 Å². The lowest BCUT2D eigenvalue weighted by atomic mass is 10.1. The highest BCUT2D eigenvalue weighted by atomic mass is 16.3. The summed E-state index contributed by atoms with van der Waals surface area (Å²) in [6.45, 7) is 3.27. The molecule has 1 unspecified atom stereocenters. The smallest absolute Gasteiger partial charge is 0.0701 e. The standard InChI is InChI=1S/C18H22N2O/c21-14-16-8-4-5-9-18(16)19-17-10-11-20(13-17)12-15-6-2-1-3-7-15/h1-9,17,19,21H,10-14H2. The van der Waals surface area contributed by atoms with Crippen LogP contribution in [0.4, 0.5) is 5.69 Å². The van der Waals surface area contributed by atoms with Crippen molar-refractivity contribution in [3.8, 4) is 0 Å². The summed E-state index contributed by atoms with van der Waals surface area (Å²) in [5.41, 5.74) is 3.40. The molecule has 1 saturated heterocycles. The number of rotatable bonds is 5. The number of benzene rings is 2. The van der Waals surface area contributed by atoms with E-state index in [4.69, 9.17) is 0 Å². The van der Waals surface area contributed by atoms with Crippen LogP contribution in [0.2, 0.25) is 0 Å². The van der Waals surface area contributed by atoms with Gasteiger partial charge in [0, 0.05) is 36.9 Å². The summed E-state index contributed by atoms with van der Waals surface area (Å²) in [6.07, 6.45) is 1.15. The van der Waals surface area contributed by atoms with Crippen LogP contribution in [0.15, 0.2) is 54.6 Å². The van der Waals surface area contributed by atoms with Gasteiger partial charge in [-0.2, -0.15) is 0 Å². The zero-order valence-corrected chi connectivity index (χ0v) is 12.2. The first-order valence-corrected chi connectivity index (χ1v) is 7.57. The Balaban J connectivity index is 1.57. The van der Waals surface area contributed by atoms with Crippen molar-refractivity contribution in [2.45, 2.75) is 25.6 Å². The Morgan fingerprint density at radius 3 is 2.62 bits per heavy atom. The number of aliphatic hydroxyl groups excluding tert-OH is 1. The van der Waals surface area contributed by atoms with Crippen LogP contribution >= 0.6 is 0 Å². The molecule has 110 valence electrons. The second kappa shape index (κ2) is 6.74. The molecule has 1 atom stereocenters. The molecule has 0 aliphatic carbocycles. The van der Waals surface area contributed by atoms with E-state index in [9.17, 15) is 5.11 Å². The lowest BCUT2D eigenvalue weighted by Crippen LogP contribution is -2.26. The number of aliphatic hydroxyl groups is 1. The molecule has 3 heteroatoms. The Hall–Kier alpha value is -1.84. The SMILES string of the molecule is OCc1ccccc1NC1CCN(Cc2ccccc2)C1. The summed E-state index contributed by atoms with van der Waals surface area (Å²) < 4.78 is 0. The van der Waals surface area contributed by atoms with E-state index in [1.54, 1.807) is 0 Å². The van der Waals surface area contributed by atoms with Gasteiger partial charge in [-0.3, -0.25) is 4.90 Å². The van der Waals surface area contributed by atoms with Crippen LogP contribution in [0.25, 0.3) is 0 Å². The first-order chi connectivity index (χ1) is 10.3. The molecule has 0 bridgehead atoms. The molecule has 3 rings (SSSR count). The maximum absolute atomic E-state index is 9.39. The average Bonchev–Trinajstić information content (AvgIpc) is 2.96. The molecule has 1 aliphatic heterocycles. The molecule has 0 spiro atoms. The quantitative estimate of drug-likeness (QED) is 0.885. The fourth-order valence-electron chi connectivity index (χ4n) is 2.95. The van der Waals surface area contributed by atoms with Crippen LogP contribution in [-0.4, -0.2) is 29.1 Å². The molecule has 1 heterocycles. The van der Waals surface area contributed by atoms with Crippen LogP contribution < -0.4 is 5.32 Å². The van der Waals surface area contributed by atoms with Gasteiger partial charge in [0.25, 0.3) is 0 Å². The highest BCUT2D eigenvalue weighted by molar-refractivity contribution is 5.51. The van der Waals surface area contributed by atoms with Crippen molar-refractivity contribution in [3.63, 3.8) is 0 Å². The zero-order valence-electron chi connectivity index (χ0n) is 12.2. The van der Waals surface area contributed by atoms with Crippen molar-refractivity contribution >= 4 is 5.69 Å². The van der Waals surface area contributed by atoms with Crippen LogP contribution in [0.3, 0.4) is 0 Å². The van der Waals surface area contributed by atoms with E-state index >= 15 is 0 Å². The topological polar surface area (TPSA) is 35.5 Å². The van der Waals surface area contributed by atoms with E-state index in [2.05, 4.69) is 40.5 Å². The Morgan fingerprint density at radius 2 is 1.81 bits per heavy atom. The minimum absolute atomic E-state index is 0.0869. The van der Waals surface area contributed by atoms with E-state index in [-0.39, 0.29) is 6.61 Å². The molecule has 2 aromatic carbocycles. The molecular formula is C18H22N2O. The van der Waals surface area contributed by atoms with Gasteiger partial charge in [0.15, 0.2) is 0 Å².